The molecule has 0 aliphatic rings. The molecule has 0 radical (unpaired) electrons. The smallest absolute Gasteiger partial charge is 0.287 e. The highest BCUT2D eigenvalue weighted by atomic mass is 19.2. The van der Waals surface area contributed by atoms with E-state index in [0.29, 0.717) is 11.1 Å². The third-order valence-corrected chi connectivity index (χ3v) is 3.84. The van der Waals surface area contributed by atoms with Crippen LogP contribution in [0.4, 0.5) is 8.78 Å². The molecule has 0 aliphatic heterocycles. The van der Waals surface area contributed by atoms with Crippen LogP contribution in [0.3, 0.4) is 0 Å². The summed E-state index contributed by atoms with van der Waals surface area (Å²) in [6.07, 6.45) is 0. The first kappa shape index (κ1) is 15.2. The number of nitrogens with one attached hydrogen (secondary N) is 1. The van der Waals surface area contributed by atoms with Crippen LogP contribution in [0.15, 0.2) is 46.9 Å². The Morgan fingerprint density at radius 1 is 1.13 bits per heavy atom. The lowest BCUT2D eigenvalue weighted by Crippen LogP contribution is -2.26. The van der Waals surface area contributed by atoms with E-state index in [4.69, 9.17) is 4.42 Å². The van der Waals surface area contributed by atoms with E-state index in [1.54, 1.807) is 13.0 Å². The van der Waals surface area contributed by atoms with Gasteiger partial charge in [-0.3, -0.25) is 4.79 Å². The number of carbonyl (C=O) groups excluding carboxylic acids is 1. The molecule has 2 aromatic carbocycles. The molecule has 3 nitrogen and oxygen atoms in total. The molecule has 1 amide bonds. The minimum atomic E-state index is -0.941. The summed E-state index contributed by atoms with van der Waals surface area (Å²) in [5, 5.41) is 3.61. The molecule has 0 aliphatic carbocycles. The van der Waals surface area contributed by atoms with Crippen molar-refractivity contribution in [1.29, 1.82) is 0 Å². The average molecular weight is 315 g/mol. The van der Waals surface area contributed by atoms with E-state index in [-0.39, 0.29) is 5.76 Å². The molecule has 5 heteroatoms. The van der Waals surface area contributed by atoms with Crippen LogP contribution in [0.1, 0.15) is 34.6 Å². The Morgan fingerprint density at radius 3 is 2.57 bits per heavy atom. The van der Waals surface area contributed by atoms with Crippen LogP contribution in [0.25, 0.3) is 11.0 Å². The van der Waals surface area contributed by atoms with E-state index in [2.05, 4.69) is 5.32 Å². The molecule has 0 spiro atoms. The molecule has 0 saturated heterocycles. The van der Waals surface area contributed by atoms with Crippen LogP contribution < -0.4 is 5.32 Å². The fourth-order valence-electron chi connectivity index (χ4n) is 2.52. The van der Waals surface area contributed by atoms with E-state index in [0.717, 1.165) is 23.1 Å². The average Bonchev–Trinajstić information content (AvgIpc) is 2.87. The van der Waals surface area contributed by atoms with Gasteiger partial charge in [0, 0.05) is 10.9 Å². The number of rotatable bonds is 3. The number of para-hydroxylation sites is 1. The Balaban J connectivity index is 1.85. The summed E-state index contributed by atoms with van der Waals surface area (Å²) < 4.78 is 31.9. The zero-order valence-corrected chi connectivity index (χ0v) is 12.7. The second kappa shape index (κ2) is 5.83. The lowest BCUT2D eigenvalue weighted by molar-refractivity contribution is 0.0913. The quantitative estimate of drug-likeness (QED) is 0.772. The number of aryl methyl sites for hydroxylation is 1. The van der Waals surface area contributed by atoms with E-state index in [9.17, 15) is 13.6 Å². The normalized spacial score (nSPS) is 12.3. The first-order valence-electron chi connectivity index (χ1n) is 7.21. The van der Waals surface area contributed by atoms with Crippen LogP contribution in [-0.4, -0.2) is 5.91 Å². The Labute approximate surface area is 131 Å². The predicted octanol–water partition coefficient (Wildman–Crippen LogP) is 4.51. The number of halogens is 2. The van der Waals surface area contributed by atoms with Crippen LogP contribution in [-0.2, 0) is 0 Å². The van der Waals surface area contributed by atoms with Crippen LogP contribution >= 0.6 is 0 Å². The lowest BCUT2D eigenvalue weighted by atomic mass is 10.1. The summed E-state index contributed by atoms with van der Waals surface area (Å²) in [5.74, 6) is -2.03. The van der Waals surface area contributed by atoms with Gasteiger partial charge in [0.05, 0.1) is 6.04 Å². The fraction of sp³-hybridized carbons (Fsp3) is 0.167. The minimum Gasteiger partial charge on any atom is -0.451 e. The highest BCUT2D eigenvalue weighted by Gasteiger charge is 2.20. The molecule has 0 bridgehead atoms. The lowest BCUT2D eigenvalue weighted by Gasteiger charge is -2.14. The Kier molecular flexibility index (Phi) is 3.86. The molecular formula is C18H15F2NO2. The monoisotopic (exact) mass is 315 g/mol. The molecule has 1 atom stereocenters. The van der Waals surface area contributed by atoms with Crippen molar-refractivity contribution >= 4 is 16.9 Å². The number of hydrogen-bond acceptors (Lipinski definition) is 2. The summed E-state index contributed by atoms with van der Waals surface area (Å²) >= 11 is 0. The number of carbonyl (C=O) groups is 1. The molecule has 1 heterocycles. The van der Waals surface area contributed by atoms with E-state index in [1.807, 2.05) is 25.1 Å². The molecule has 118 valence electrons. The van der Waals surface area contributed by atoms with E-state index < -0.39 is 23.6 Å². The van der Waals surface area contributed by atoms with Gasteiger partial charge in [-0.1, -0.05) is 24.3 Å². The van der Waals surface area contributed by atoms with Crippen molar-refractivity contribution in [3.05, 3.63) is 71.0 Å². The molecule has 1 N–H and O–H groups in total. The van der Waals surface area contributed by atoms with Gasteiger partial charge >= 0.3 is 0 Å². The summed E-state index contributed by atoms with van der Waals surface area (Å²) in [7, 11) is 0. The summed E-state index contributed by atoms with van der Waals surface area (Å²) in [5.41, 5.74) is 1.86. The SMILES string of the molecule is Cc1c(C(=O)NC(C)c2ccc(F)c(F)c2)oc2ccccc12. The van der Waals surface area contributed by atoms with Gasteiger partial charge in [0.2, 0.25) is 0 Å². The standard InChI is InChI=1S/C18H15F2NO2/c1-10-13-5-3-4-6-16(13)23-17(10)18(22)21-11(2)12-7-8-14(19)15(20)9-12/h3-9,11H,1-2H3,(H,21,22). The summed E-state index contributed by atoms with van der Waals surface area (Å²) in [6, 6.07) is 10.4. The van der Waals surface area contributed by atoms with Crippen molar-refractivity contribution in [3.63, 3.8) is 0 Å². The molecule has 1 aromatic heterocycles. The Bertz CT molecular complexity index is 886. The fourth-order valence-corrected chi connectivity index (χ4v) is 2.52. The Hall–Kier alpha value is -2.69. The third-order valence-electron chi connectivity index (χ3n) is 3.84. The Morgan fingerprint density at radius 2 is 1.87 bits per heavy atom. The van der Waals surface area contributed by atoms with Crippen molar-refractivity contribution in [1.82, 2.24) is 5.32 Å². The van der Waals surface area contributed by atoms with Gasteiger partial charge < -0.3 is 9.73 Å². The zero-order valence-electron chi connectivity index (χ0n) is 12.7. The van der Waals surface area contributed by atoms with Gasteiger partial charge in [0.1, 0.15) is 5.58 Å². The van der Waals surface area contributed by atoms with Crippen molar-refractivity contribution in [2.24, 2.45) is 0 Å². The van der Waals surface area contributed by atoms with E-state index in [1.165, 1.54) is 6.07 Å². The first-order chi connectivity index (χ1) is 11.0. The van der Waals surface area contributed by atoms with Gasteiger partial charge in [-0.2, -0.15) is 0 Å². The van der Waals surface area contributed by atoms with Gasteiger partial charge in [-0.25, -0.2) is 8.78 Å². The molecule has 23 heavy (non-hydrogen) atoms. The first-order valence-corrected chi connectivity index (χ1v) is 7.21. The number of amides is 1. The third kappa shape index (κ3) is 2.82. The molecular weight excluding hydrogens is 300 g/mol. The molecule has 0 fully saturated rings. The maximum atomic E-state index is 13.3. The molecule has 0 saturated carbocycles. The van der Waals surface area contributed by atoms with Crippen molar-refractivity contribution in [2.45, 2.75) is 19.9 Å². The number of benzene rings is 2. The maximum absolute atomic E-state index is 13.3. The van der Waals surface area contributed by atoms with Crippen molar-refractivity contribution < 1.29 is 18.0 Å². The predicted molar refractivity (Wildman–Crippen MR) is 83.2 cm³/mol. The molecule has 3 rings (SSSR count). The molecule has 3 aromatic rings. The van der Waals surface area contributed by atoms with Gasteiger partial charge in [-0.15, -0.1) is 0 Å². The second-order valence-corrected chi connectivity index (χ2v) is 5.42. The summed E-state index contributed by atoms with van der Waals surface area (Å²) in [6.45, 7) is 3.51. The highest BCUT2D eigenvalue weighted by molar-refractivity contribution is 5.99. The van der Waals surface area contributed by atoms with E-state index >= 15 is 0 Å². The number of fused-ring (bicyclic) bond motifs is 1. The van der Waals surface area contributed by atoms with Gasteiger partial charge in [0.25, 0.3) is 5.91 Å². The van der Waals surface area contributed by atoms with Gasteiger partial charge in [-0.05, 0) is 37.6 Å². The van der Waals surface area contributed by atoms with Crippen molar-refractivity contribution in [2.75, 3.05) is 0 Å². The molecule has 1 unspecified atom stereocenters. The second-order valence-electron chi connectivity index (χ2n) is 5.42. The minimum absolute atomic E-state index is 0.223. The topological polar surface area (TPSA) is 42.2 Å². The van der Waals surface area contributed by atoms with Crippen LogP contribution in [0, 0.1) is 18.6 Å². The largest absolute Gasteiger partial charge is 0.451 e. The van der Waals surface area contributed by atoms with Crippen molar-refractivity contribution in [3.8, 4) is 0 Å². The highest BCUT2D eigenvalue weighted by Crippen LogP contribution is 2.25. The number of furan rings is 1. The number of hydrogen-bond donors (Lipinski definition) is 1. The zero-order chi connectivity index (χ0) is 16.6. The summed E-state index contributed by atoms with van der Waals surface area (Å²) in [4.78, 5) is 12.4. The van der Waals surface area contributed by atoms with Crippen LogP contribution in [0.5, 0.6) is 0 Å². The van der Waals surface area contributed by atoms with Gasteiger partial charge in [0.15, 0.2) is 17.4 Å². The maximum Gasteiger partial charge on any atom is 0.287 e. The van der Waals surface area contributed by atoms with Crippen LogP contribution in [0.2, 0.25) is 0 Å².